The lowest BCUT2D eigenvalue weighted by Crippen LogP contribution is -2.01. The van der Waals surface area contributed by atoms with Gasteiger partial charge in [-0.3, -0.25) is 4.98 Å². The molecule has 72 valence electrons. The fourth-order valence-corrected chi connectivity index (χ4v) is 1.25. The summed E-state index contributed by atoms with van der Waals surface area (Å²) in [5, 5.41) is 0. The zero-order valence-electron chi connectivity index (χ0n) is 7.80. The fourth-order valence-electron chi connectivity index (χ4n) is 1.25. The van der Waals surface area contributed by atoms with Gasteiger partial charge in [0.2, 0.25) is 0 Å². The van der Waals surface area contributed by atoms with Crippen LogP contribution in [0.5, 0.6) is 0 Å². The molecule has 1 aromatic rings. The van der Waals surface area contributed by atoms with E-state index in [2.05, 4.69) is 4.98 Å². The van der Waals surface area contributed by atoms with Crippen LogP contribution in [0.25, 0.3) is 0 Å². The first-order chi connectivity index (χ1) is 6.16. The molecule has 0 spiro atoms. The number of halogens is 2. The van der Waals surface area contributed by atoms with Crippen LogP contribution in [0.3, 0.4) is 0 Å². The third-order valence-electron chi connectivity index (χ3n) is 2.22. The van der Waals surface area contributed by atoms with Crippen molar-refractivity contribution in [3.63, 3.8) is 0 Å². The van der Waals surface area contributed by atoms with Crippen LogP contribution < -0.4 is 0 Å². The first-order valence-corrected chi connectivity index (χ1v) is 4.39. The average molecular weight is 185 g/mol. The minimum Gasteiger partial charge on any atom is -0.255 e. The average Bonchev–Trinajstić information content (AvgIpc) is 2.16. The maximum absolute atomic E-state index is 12.5. The number of hydrogen-bond acceptors (Lipinski definition) is 1. The molecule has 0 N–H and O–H groups in total. The van der Waals surface area contributed by atoms with Gasteiger partial charge in [-0.05, 0) is 24.0 Å². The molecule has 13 heavy (non-hydrogen) atoms. The van der Waals surface area contributed by atoms with Crippen LogP contribution in [-0.4, -0.2) is 4.98 Å². The molecule has 0 aromatic carbocycles. The highest BCUT2D eigenvalue weighted by atomic mass is 19.3. The van der Waals surface area contributed by atoms with Gasteiger partial charge >= 0.3 is 0 Å². The summed E-state index contributed by atoms with van der Waals surface area (Å²) >= 11 is 0. The molecule has 0 radical (unpaired) electrons. The topological polar surface area (TPSA) is 12.9 Å². The summed E-state index contributed by atoms with van der Waals surface area (Å²) in [5.41, 5.74) is 0.594. The molecule has 1 nitrogen and oxygen atoms in total. The van der Waals surface area contributed by atoms with E-state index in [0.717, 1.165) is 6.42 Å². The molecule has 0 saturated heterocycles. The second-order valence-electron chi connectivity index (χ2n) is 3.09. The number of hydrogen-bond donors (Lipinski definition) is 0. The zero-order valence-corrected chi connectivity index (χ0v) is 7.80. The van der Waals surface area contributed by atoms with E-state index >= 15 is 0 Å². The van der Waals surface area contributed by atoms with Gasteiger partial charge in [0, 0.05) is 6.20 Å². The molecule has 1 heterocycles. The first kappa shape index (κ1) is 10.1. The molecule has 0 saturated carbocycles. The van der Waals surface area contributed by atoms with Gasteiger partial charge in [0.15, 0.2) is 0 Å². The number of aromatic nitrogens is 1. The van der Waals surface area contributed by atoms with E-state index in [4.69, 9.17) is 0 Å². The van der Waals surface area contributed by atoms with Crippen molar-refractivity contribution in [2.45, 2.75) is 32.6 Å². The smallest absolute Gasteiger partial charge is 0.255 e. The Labute approximate surface area is 76.8 Å². The van der Waals surface area contributed by atoms with Crippen LogP contribution in [0.2, 0.25) is 0 Å². The van der Waals surface area contributed by atoms with E-state index in [1.807, 2.05) is 13.8 Å². The third-order valence-corrected chi connectivity index (χ3v) is 2.22. The largest absolute Gasteiger partial charge is 0.280 e. The Bertz CT molecular complexity index is 273. The third kappa shape index (κ3) is 2.23. The van der Waals surface area contributed by atoms with Crippen molar-refractivity contribution in [2.75, 3.05) is 0 Å². The lowest BCUT2D eigenvalue weighted by atomic mass is 9.97. The summed E-state index contributed by atoms with van der Waals surface area (Å²) in [4.78, 5) is 3.70. The van der Waals surface area contributed by atoms with E-state index in [1.54, 1.807) is 12.1 Å². The van der Waals surface area contributed by atoms with Gasteiger partial charge in [0.05, 0.1) is 0 Å². The number of nitrogens with zero attached hydrogens (tertiary/aromatic N) is 1. The lowest BCUT2D eigenvalue weighted by molar-refractivity contribution is 0.144. The van der Waals surface area contributed by atoms with Crippen LogP contribution in [0.4, 0.5) is 8.78 Å². The highest BCUT2D eigenvalue weighted by molar-refractivity contribution is 5.24. The van der Waals surface area contributed by atoms with Gasteiger partial charge in [-0.2, -0.15) is 0 Å². The van der Waals surface area contributed by atoms with Crippen molar-refractivity contribution in [3.05, 3.63) is 29.6 Å². The van der Waals surface area contributed by atoms with Crippen LogP contribution in [0.1, 0.15) is 43.9 Å². The van der Waals surface area contributed by atoms with Gasteiger partial charge < -0.3 is 0 Å². The van der Waals surface area contributed by atoms with Gasteiger partial charge in [-0.15, -0.1) is 0 Å². The summed E-state index contributed by atoms with van der Waals surface area (Å²) in [5.74, 6) is 0.151. The van der Waals surface area contributed by atoms with E-state index in [-0.39, 0.29) is 11.6 Å². The van der Waals surface area contributed by atoms with Crippen molar-refractivity contribution < 1.29 is 8.78 Å². The van der Waals surface area contributed by atoms with Gasteiger partial charge in [0.25, 0.3) is 6.43 Å². The van der Waals surface area contributed by atoms with Gasteiger partial charge in [-0.25, -0.2) is 8.78 Å². The summed E-state index contributed by atoms with van der Waals surface area (Å²) in [6.07, 6.45) is -0.205. The normalized spacial score (nSPS) is 13.3. The first-order valence-electron chi connectivity index (χ1n) is 4.39. The molecule has 0 aliphatic rings. The maximum atomic E-state index is 12.5. The molecule has 0 fully saturated rings. The second kappa shape index (κ2) is 4.30. The Hall–Kier alpha value is -0.990. The molecule has 0 aliphatic carbocycles. The van der Waals surface area contributed by atoms with Crippen molar-refractivity contribution in [1.29, 1.82) is 0 Å². The summed E-state index contributed by atoms with van der Waals surface area (Å²) in [6.45, 7) is 3.91. The quantitative estimate of drug-likeness (QED) is 0.701. The Kier molecular flexibility index (Phi) is 3.34. The van der Waals surface area contributed by atoms with Gasteiger partial charge in [0.1, 0.15) is 5.69 Å². The van der Waals surface area contributed by atoms with E-state index < -0.39 is 6.43 Å². The monoisotopic (exact) mass is 185 g/mol. The number of alkyl halides is 2. The Morgan fingerprint density at radius 3 is 2.69 bits per heavy atom. The minimum absolute atomic E-state index is 0.0724. The molecular formula is C10H13F2N. The zero-order chi connectivity index (χ0) is 9.84. The number of rotatable bonds is 3. The fraction of sp³-hybridized carbons (Fsp3) is 0.500. The summed E-state index contributed by atoms with van der Waals surface area (Å²) in [6, 6.07) is 3.43. The predicted octanol–water partition coefficient (Wildman–Crippen LogP) is 3.53. The van der Waals surface area contributed by atoms with Crippen molar-refractivity contribution in [3.8, 4) is 0 Å². The van der Waals surface area contributed by atoms with Crippen LogP contribution >= 0.6 is 0 Å². The van der Waals surface area contributed by atoms with Crippen LogP contribution in [-0.2, 0) is 0 Å². The van der Waals surface area contributed by atoms with Crippen LogP contribution in [0.15, 0.2) is 18.3 Å². The van der Waals surface area contributed by atoms with E-state index in [9.17, 15) is 8.78 Å². The van der Waals surface area contributed by atoms with Crippen LogP contribution in [0, 0.1) is 0 Å². The maximum Gasteiger partial charge on any atom is 0.280 e. The van der Waals surface area contributed by atoms with Crippen molar-refractivity contribution in [1.82, 2.24) is 4.98 Å². The van der Waals surface area contributed by atoms with E-state index in [1.165, 1.54) is 6.20 Å². The Morgan fingerprint density at radius 2 is 2.15 bits per heavy atom. The highest BCUT2D eigenvalue weighted by Gasteiger charge is 2.16. The standard InChI is InChI=1S/C10H13F2N/c1-3-7(2)8-5-4-6-13-9(8)10(11)12/h4-7,10H,3H2,1-2H3. The SMILES string of the molecule is CCC(C)c1cccnc1C(F)F. The molecule has 0 amide bonds. The summed E-state index contributed by atoms with van der Waals surface area (Å²) in [7, 11) is 0. The molecular weight excluding hydrogens is 172 g/mol. The molecule has 1 unspecified atom stereocenters. The molecule has 0 aliphatic heterocycles. The summed E-state index contributed by atoms with van der Waals surface area (Å²) < 4.78 is 24.9. The van der Waals surface area contributed by atoms with Crippen molar-refractivity contribution >= 4 is 0 Å². The molecule has 1 aromatic heterocycles. The van der Waals surface area contributed by atoms with Gasteiger partial charge in [-0.1, -0.05) is 19.9 Å². The Balaban J connectivity index is 3.04. The highest BCUT2D eigenvalue weighted by Crippen LogP contribution is 2.27. The van der Waals surface area contributed by atoms with E-state index in [0.29, 0.717) is 5.56 Å². The molecule has 1 rings (SSSR count). The molecule has 1 atom stereocenters. The Morgan fingerprint density at radius 1 is 1.46 bits per heavy atom. The van der Waals surface area contributed by atoms with Crippen molar-refractivity contribution in [2.24, 2.45) is 0 Å². The molecule has 0 bridgehead atoms. The molecule has 3 heteroatoms. The second-order valence-corrected chi connectivity index (χ2v) is 3.09. The lowest BCUT2D eigenvalue weighted by Gasteiger charge is -2.12. The predicted molar refractivity (Wildman–Crippen MR) is 47.9 cm³/mol. The number of pyridine rings is 1. The minimum atomic E-state index is -2.47.